The summed E-state index contributed by atoms with van der Waals surface area (Å²) in [5.41, 5.74) is 2.14. The molecule has 1 aliphatic heterocycles. The van der Waals surface area contributed by atoms with Crippen molar-refractivity contribution in [2.45, 2.75) is 57.7 Å². The Bertz CT molecular complexity index is 929. The quantitative estimate of drug-likeness (QED) is 0.701. The number of carbonyl (C=O) groups excluding carboxylic acids is 2. The van der Waals surface area contributed by atoms with E-state index < -0.39 is 17.7 Å². The number of rotatable bonds is 5. The SMILES string of the molecule is CC(C)c1ccc(C(=O)OCC(=O)Nc2ccc3c(c2)OC2(CCCCC2)O3)cc1. The van der Waals surface area contributed by atoms with Crippen LogP contribution in [0.25, 0.3) is 0 Å². The lowest BCUT2D eigenvalue weighted by atomic mass is 9.94. The Morgan fingerprint density at radius 3 is 2.40 bits per heavy atom. The Balaban J connectivity index is 1.31. The lowest BCUT2D eigenvalue weighted by molar-refractivity contribution is -0.119. The average Bonchev–Trinajstić information content (AvgIpc) is 3.09. The van der Waals surface area contributed by atoms with Crippen LogP contribution < -0.4 is 14.8 Å². The second kappa shape index (κ2) is 8.38. The van der Waals surface area contributed by atoms with Gasteiger partial charge in [-0.1, -0.05) is 32.4 Å². The van der Waals surface area contributed by atoms with Crippen LogP contribution in [0.15, 0.2) is 42.5 Å². The van der Waals surface area contributed by atoms with Gasteiger partial charge in [-0.3, -0.25) is 4.79 Å². The number of ether oxygens (including phenoxy) is 3. The Kier molecular flexibility index (Phi) is 5.66. The van der Waals surface area contributed by atoms with Crippen molar-refractivity contribution in [1.82, 2.24) is 0 Å². The van der Waals surface area contributed by atoms with Gasteiger partial charge in [-0.2, -0.15) is 0 Å². The summed E-state index contributed by atoms with van der Waals surface area (Å²) in [5.74, 6) is 0.238. The molecule has 30 heavy (non-hydrogen) atoms. The van der Waals surface area contributed by atoms with E-state index in [4.69, 9.17) is 14.2 Å². The highest BCUT2D eigenvalue weighted by Crippen LogP contribution is 2.46. The van der Waals surface area contributed by atoms with E-state index in [1.807, 2.05) is 12.1 Å². The van der Waals surface area contributed by atoms with E-state index in [-0.39, 0.29) is 6.61 Å². The number of nitrogens with one attached hydrogen (secondary N) is 1. The number of carbonyl (C=O) groups is 2. The second-order valence-electron chi connectivity index (χ2n) is 8.24. The zero-order valence-corrected chi connectivity index (χ0v) is 17.4. The molecule has 0 atom stereocenters. The van der Waals surface area contributed by atoms with Crippen molar-refractivity contribution in [3.05, 3.63) is 53.6 Å². The third-order valence-electron chi connectivity index (χ3n) is 5.58. The van der Waals surface area contributed by atoms with Crippen LogP contribution in [0.1, 0.15) is 67.8 Å². The first-order valence-electron chi connectivity index (χ1n) is 10.5. The maximum Gasteiger partial charge on any atom is 0.338 e. The molecule has 1 spiro atoms. The zero-order valence-electron chi connectivity index (χ0n) is 17.4. The molecule has 1 saturated carbocycles. The largest absolute Gasteiger partial charge is 0.452 e. The first kappa shape index (κ1) is 20.3. The van der Waals surface area contributed by atoms with E-state index in [1.165, 1.54) is 6.42 Å². The molecule has 0 bridgehead atoms. The summed E-state index contributed by atoms with van der Waals surface area (Å²) >= 11 is 0. The van der Waals surface area contributed by atoms with Crippen molar-refractivity contribution >= 4 is 17.6 Å². The fourth-order valence-corrected chi connectivity index (χ4v) is 3.88. The van der Waals surface area contributed by atoms with E-state index in [9.17, 15) is 9.59 Å². The van der Waals surface area contributed by atoms with Gasteiger partial charge in [-0.25, -0.2) is 4.79 Å². The number of benzene rings is 2. The van der Waals surface area contributed by atoms with Gasteiger partial charge in [-0.15, -0.1) is 0 Å². The van der Waals surface area contributed by atoms with Crippen LogP contribution in [0.2, 0.25) is 0 Å². The molecule has 2 aromatic carbocycles. The van der Waals surface area contributed by atoms with Gasteiger partial charge >= 0.3 is 5.97 Å². The van der Waals surface area contributed by atoms with Gasteiger partial charge in [0.25, 0.3) is 11.7 Å². The van der Waals surface area contributed by atoms with Crippen LogP contribution in [-0.2, 0) is 9.53 Å². The number of hydrogen-bond donors (Lipinski definition) is 1. The van der Waals surface area contributed by atoms with Crippen molar-refractivity contribution in [3.8, 4) is 11.5 Å². The van der Waals surface area contributed by atoms with Crippen LogP contribution in [-0.4, -0.2) is 24.3 Å². The molecule has 0 saturated heterocycles. The van der Waals surface area contributed by atoms with Gasteiger partial charge in [0, 0.05) is 24.6 Å². The zero-order chi connectivity index (χ0) is 21.1. The molecule has 2 aromatic rings. The molecule has 1 amide bonds. The fourth-order valence-electron chi connectivity index (χ4n) is 3.88. The minimum Gasteiger partial charge on any atom is -0.452 e. The molecule has 1 heterocycles. The maximum absolute atomic E-state index is 12.2. The highest BCUT2D eigenvalue weighted by atomic mass is 16.7. The van der Waals surface area contributed by atoms with Crippen LogP contribution >= 0.6 is 0 Å². The highest BCUT2D eigenvalue weighted by Gasteiger charge is 2.42. The highest BCUT2D eigenvalue weighted by molar-refractivity contribution is 5.95. The molecule has 0 aromatic heterocycles. The van der Waals surface area contributed by atoms with Crippen molar-refractivity contribution in [1.29, 1.82) is 0 Å². The van der Waals surface area contributed by atoms with Gasteiger partial charge < -0.3 is 19.5 Å². The molecule has 0 radical (unpaired) electrons. The first-order chi connectivity index (χ1) is 14.4. The lowest BCUT2D eigenvalue weighted by Crippen LogP contribution is -2.40. The first-order valence-corrected chi connectivity index (χ1v) is 10.5. The standard InChI is InChI=1S/C24H27NO5/c1-16(2)17-6-8-18(9-7-17)23(27)28-15-22(26)25-19-10-11-20-21(14-19)30-24(29-20)12-4-3-5-13-24/h6-11,14,16H,3-5,12-13,15H2,1-2H3,(H,25,26). The summed E-state index contributed by atoms with van der Waals surface area (Å²) in [6.07, 6.45) is 5.12. The fraction of sp³-hybridized carbons (Fsp3) is 0.417. The van der Waals surface area contributed by atoms with Crippen LogP contribution in [0, 0.1) is 0 Å². The van der Waals surface area contributed by atoms with E-state index >= 15 is 0 Å². The lowest BCUT2D eigenvalue weighted by Gasteiger charge is -2.31. The molecule has 1 N–H and O–H groups in total. The number of esters is 1. The number of fused-ring (bicyclic) bond motifs is 1. The molecule has 4 rings (SSSR count). The Morgan fingerprint density at radius 2 is 1.70 bits per heavy atom. The van der Waals surface area contributed by atoms with Gasteiger partial charge in [0.05, 0.1) is 5.56 Å². The van der Waals surface area contributed by atoms with Crippen molar-refractivity contribution in [3.63, 3.8) is 0 Å². The molecule has 6 nitrogen and oxygen atoms in total. The normalized spacial score (nSPS) is 16.5. The van der Waals surface area contributed by atoms with E-state index in [2.05, 4.69) is 19.2 Å². The Morgan fingerprint density at radius 1 is 1.00 bits per heavy atom. The van der Waals surface area contributed by atoms with Crippen LogP contribution in [0.5, 0.6) is 11.5 Å². The van der Waals surface area contributed by atoms with E-state index in [1.54, 1.807) is 30.3 Å². The summed E-state index contributed by atoms with van der Waals surface area (Å²) in [5, 5.41) is 2.74. The molecule has 6 heteroatoms. The van der Waals surface area contributed by atoms with Gasteiger partial charge in [0.1, 0.15) is 0 Å². The number of anilines is 1. The van der Waals surface area contributed by atoms with E-state index in [0.717, 1.165) is 31.2 Å². The monoisotopic (exact) mass is 409 g/mol. The third-order valence-corrected chi connectivity index (χ3v) is 5.58. The maximum atomic E-state index is 12.2. The number of hydrogen-bond acceptors (Lipinski definition) is 5. The minimum absolute atomic E-state index is 0.358. The van der Waals surface area contributed by atoms with Crippen molar-refractivity contribution < 1.29 is 23.8 Å². The second-order valence-corrected chi connectivity index (χ2v) is 8.24. The van der Waals surface area contributed by atoms with Crippen molar-refractivity contribution in [2.24, 2.45) is 0 Å². The molecule has 1 fully saturated rings. The average molecular weight is 409 g/mol. The molecule has 1 aliphatic carbocycles. The molecular weight excluding hydrogens is 382 g/mol. The predicted molar refractivity (Wildman–Crippen MR) is 113 cm³/mol. The molecule has 158 valence electrons. The predicted octanol–water partition coefficient (Wildman–Crippen LogP) is 5.04. The topological polar surface area (TPSA) is 73.9 Å². The van der Waals surface area contributed by atoms with Crippen molar-refractivity contribution in [2.75, 3.05) is 11.9 Å². The summed E-state index contributed by atoms with van der Waals surface area (Å²) < 4.78 is 17.3. The molecule has 0 unspecified atom stereocenters. The smallest absolute Gasteiger partial charge is 0.338 e. The van der Waals surface area contributed by atoms with Gasteiger partial charge in [0.15, 0.2) is 18.1 Å². The summed E-state index contributed by atoms with van der Waals surface area (Å²) in [7, 11) is 0. The third kappa shape index (κ3) is 4.42. The van der Waals surface area contributed by atoms with E-state index in [0.29, 0.717) is 28.7 Å². The number of amides is 1. The van der Waals surface area contributed by atoms with Gasteiger partial charge in [-0.05, 0) is 48.6 Å². The molecule has 2 aliphatic rings. The summed E-state index contributed by atoms with van der Waals surface area (Å²) in [6, 6.07) is 12.5. The van der Waals surface area contributed by atoms with Crippen LogP contribution in [0.4, 0.5) is 5.69 Å². The Labute approximate surface area is 176 Å². The summed E-state index contributed by atoms with van der Waals surface area (Å²) in [4.78, 5) is 24.4. The van der Waals surface area contributed by atoms with Crippen LogP contribution in [0.3, 0.4) is 0 Å². The summed E-state index contributed by atoms with van der Waals surface area (Å²) in [6.45, 7) is 3.81. The minimum atomic E-state index is -0.552. The Hall–Kier alpha value is -3.02. The molecular formula is C24H27NO5. The van der Waals surface area contributed by atoms with Gasteiger partial charge in [0.2, 0.25) is 0 Å².